The van der Waals surface area contributed by atoms with Crippen LogP contribution in [0.15, 0.2) is 0 Å². The molecule has 0 saturated carbocycles. The smallest absolute Gasteiger partial charge is 0.808 e. The van der Waals surface area contributed by atoms with Crippen LogP contribution in [0.1, 0.15) is 6.92 Å². The van der Waals surface area contributed by atoms with Crippen molar-refractivity contribution < 1.29 is 92.9 Å². The average molecular weight is 248 g/mol. The van der Waals surface area contributed by atoms with Crippen molar-refractivity contribution in [3.8, 4) is 0 Å². The summed E-state index contributed by atoms with van der Waals surface area (Å²) in [5, 5.41) is 4.68. The van der Waals surface area contributed by atoms with E-state index in [1.54, 1.807) is 0 Å². The van der Waals surface area contributed by atoms with Crippen molar-refractivity contribution in [3.63, 3.8) is 0 Å². The van der Waals surface area contributed by atoms with E-state index in [0.29, 0.717) is 0 Å². The molecule has 68 valence electrons. The summed E-state index contributed by atoms with van der Waals surface area (Å²) < 4.78 is 19.9. The maximum Gasteiger partial charge on any atom is 1.00 e. The zero-order valence-electron chi connectivity index (χ0n) is 7.29. The molecule has 0 aliphatic rings. The van der Waals surface area contributed by atoms with Crippen molar-refractivity contribution in [2.75, 3.05) is 0 Å². The molecule has 0 fully saturated rings. The Kier molecular flexibility index (Phi) is 9.70. The molecule has 0 bridgehead atoms. The van der Waals surface area contributed by atoms with Crippen LogP contribution >= 0.6 is 15.2 Å². The summed E-state index contributed by atoms with van der Waals surface area (Å²) in [7, 11) is -11.6. The Labute approximate surface area is 119 Å². The van der Waals surface area contributed by atoms with Gasteiger partial charge >= 0.3 is 59.1 Å². The third kappa shape index (κ3) is 5.22. The van der Waals surface area contributed by atoms with Crippen molar-refractivity contribution in [2.45, 2.75) is 12.0 Å². The summed E-state index contributed by atoms with van der Waals surface area (Å²) in [6.07, 6.45) is 0. The summed E-state index contributed by atoms with van der Waals surface area (Å²) in [5.74, 6) is 0. The van der Waals surface area contributed by atoms with Crippen molar-refractivity contribution >= 4 is 15.2 Å². The monoisotopic (exact) mass is 248 g/mol. The molecule has 1 N–H and O–H groups in total. The number of hydrogen-bond donors (Lipinski definition) is 1. The second kappa shape index (κ2) is 6.11. The summed E-state index contributed by atoms with van der Waals surface area (Å²) in [4.78, 5) is 39.8. The van der Waals surface area contributed by atoms with Crippen LogP contribution in [-0.4, -0.2) is 10.2 Å². The summed E-state index contributed by atoms with van der Waals surface area (Å²) in [5.41, 5.74) is 0. The van der Waals surface area contributed by atoms with E-state index in [-0.39, 0.29) is 66.0 Å². The van der Waals surface area contributed by atoms with Gasteiger partial charge in [-0.3, -0.25) is 0 Å². The van der Waals surface area contributed by atoms with Gasteiger partial charge < -0.3 is 33.8 Å². The largest absolute Gasteiger partial charge is 1.00 e. The van der Waals surface area contributed by atoms with Crippen molar-refractivity contribution in [2.24, 2.45) is 0 Å². The molecular formula is C2H4Na2O7P2-2. The van der Waals surface area contributed by atoms with Gasteiger partial charge in [-0.1, -0.05) is 0 Å². The van der Waals surface area contributed by atoms with Crippen molar-refractivity contribution in [1.82, 2.24) is 0 Å². The predicted octanol–water partition coefficient (Wildman–Crippen LogP) is -9.51. The Bertz CT molecular complexity index is 215. The minimum absolute atomic E-state index is 0. The zero-order chi connectivity index (χ0) is 9.50. The van der Waals surface area contributed by atoms with E-state index in [9.17, 15) is 28.7 Å². The first kappa shape index (κ1) is 20.6. The molecule has 0 spiro atoms. The first-order valence-corrected chi connectivity index (χ1v) is 5.35. The van der Waals surface area contributed by atoms with Crippen LogP contribution in [-0.2, 0) is 9.13 Å². The van der Waals surface area contributed by atoms with E-state index in [0.717, 1.165) is 0 Å². The van der Waals surface area contributed by atoms with Gasteiger partial charge in [-0.05, 0) is 22.1 Å². The van der Waals surface area contributed by atoms with Crippen molar-refractivity contribution in [3.05, 3.63) is 0 Å². The molecule has 0 radical (unpaired) electrons. The van der Waals surface area contributed by atoms with Crippen LogP contribution in [0.5, 0.6) is 0 Å². The van der Waals surface area contributed by atoms with E-state index in [1.807, 2.05) is 0 Å². The second-order valence-electron chi connectivity index (χ2n) is 1.97. The second-order valence-corrected chi connectivity index (χ2v) is 6.05. The van der Waals surface area contributed by atoms with E-state index >= 15 is 0 Å². The summed E-state index contributed by atoms with van der Waals surface area (Å²) in [6, 6.07) is 0. The third-order valence-electron chi connectivity index (χ3n) is 1.04. The third-order valence-corrected chi connectivity index (χ3v) is 4.58. The molecule has 0 rings (SSSR count). The minimum atomic E-state index is -5.82. The van der Waals surface area contributed by atoms with Crippen LogP contribution in [0.2, 0.25) is 0 Å². The van der Waals surface area contributed by atoms with Gasteiger partial charge in [-0.15, -0.1) is 0 Å². The Balaban J connectivity index is -0.000000500. The molecule has 0 heterocycles. The first-order chi connectivity index (χ1) is 4.50. The van der Waals surface area contributed by atoms with E-state index in [1.165, 1.54) is 0 Å². The van der Waals surface area contributed by atoms with Crippen molar-refractivity contribution in [1.29, 1.82) is 0 Å². The number of hydrogen-bond acceptors (Lipinski definition) is 7. The molecule has 7 nitrogen and oxygen atoms in total. The fourth-order valence-corrected chi connectivity index (χ4v) is 1.35. The van der Waals surface area contributed by atoms with E-state index < -0.39 is 20.3 Å². The normalized spacial score (nSPS) is 12.8. The van der Waals surface area contributed by atoms with Crippen LogP contribution < -0.4 is 78.7 Å². The Morgan fingerprint density at radius 2 is 1.15 bits per heavy atom. The molecule has 13 heavy (non-hydrogen) atoms. The Hall–Kier alpha value is 2.26. The van der Waals surface area contributed by atoms with Crippen LogP contribution in [0.25, 0.3) is 0 Å². The minimum Gasteiger partial charge on any atom is -0.808 e. The standard InChI is InChI=1S/C2H8O7P2.2Na/c1-2(3,10(4,5)6)11(7,8)9;;/h3H,1H3,(H2,4,5,6)(H2,7,8,9);;/q;2*+1/p-4. The van der Waals surface area contributed by atoms with Crippen LogP contribution in [0.3, 0.4) is 0 Å². The summed E-state index contributed by atoms with van der Waals surface area (Å²) >= 11 is 0. The predicted molar refractivity (Wildman–Crippen MR) is 25.8 cm³/mol. The summed E-state index contributed by atoms with van der Waals surface area (Å²) in [6.45, 7) is 0.133. The van der Waals surface area contributed by atoms with Crippen LogP contribution in [0, 0.1) is 0 Å². The number of aliphatic hydroxyl groups is 1. The Morgan fingerprint density at radius 1 is 1.00 bits per heavy atom. The molecule has 0 atom stereocenters. The number of rotatable bonds is 2. The van der Waals surface area contributed by atoms with Gasteiger partial charge in [0.15, 0.2) is 0 Å². The fraction of sp³-hybridized carbons (Fsp3) is 1.00. The molecule has 0 saturated heterocycles. The van der Waals surface area contributed by atoms with Gasteiger partial charge in [0.1, 0.15) is 5.08 Å². The van der Waals surface area contributed by atoms with E-state index in [4.69, 9.17) is 5.11 Å². The SMILES string of the molecule is CC(O)(P(=O)([O-])[O-])P(=O)([O-])[O-].[Na+].[Na+]. The zero-order valence-corrected chi connectivity index (χ0v) is 13.1. The molecule has 11 heteroatoms. The average Bonchev–Trinajstić information content (AvgIpc) is 1.58. The molecule has 0 aliphatic heterocycles. The van der Waals surface area contributed by atoms with Gasteiger partial charge in [-0.2, -0.15) is 0 Å². The molecule has 0 amide bonds. The van der Waals surface area contributed by atoms with Gasteiger partial charge in [-0.25, -0.2) is 0 Å². The topological polar surface area (TPSA) is 147 Å². The molecule has 0 unspecified atom stereocenters. The van der Waals surface area contributed by atoms with Gasteiger partial charge in [0.2, 0.25) is 0 Å². The first-order valence-electron chi connectivity index (χ1n) is 2.27. The quantitative estimate of drug-likeness (QED) is 0.376. The van der Waals surface area contributed by atoms with Gasteiger partial charge in [0.05, 0.1) is 0 Å². The van der Waals surface area contributed by atoms with Gasteiger partial charge in [0, 0.05) is 0 Å². The molecule has 0 aromatic heterocycles. The molecular weight excluding hydrogens is 244 g/mol. The molecule has 0 aromatic carbocycles. The molecule has 0 aromatic rings. The fourth-order valence-electron chi connectivity index (χ4n) is 0.150. The maximum atomic E-state index is 9.95. The maximum absolute atomic E-state index is 9.95. The van der Waals surface area contributed by atoms with Crippen LogP contribution in [0.4, 0.5) is 0 Å². The Morgan fingerprint density at radius 3 is 1.15 bits per heavy atom. The van der Waals surface area contributed by atoms with Gasteiger partial charge in [0.25, 0.3) is 0 Å². The molecule has 0 aliphatic carbocycles. The van der Waals surface area contributed by atoms with E-state index in [2.05, 4.69) is 0 Å².